The number of rotatable bonds is 1. The molecule has 2 heterocycles. The second kappa shape index (κ2) is 4.94. The van der Waals surface area contributed by atoms with E-state index in [1.165, 1.54) is 0 Å². The van der Waals surface area contributed by atoms with Gasteiger partial charge in [-0.3, -0.25) is 4.79 Å². The SMILES string of the molecule is CN1CCN(C(=O)[C@H]2CCCNC2)CC1. The Morgan fingerprint density at radius 3 is 2.60 bits per heavy atom. The highest BCUT2D eigenvalue weighted by Gasteiger charge is 2.27. The lowest BCUT2D eigenvalue weighted by Gasteiger charge is -2.35. The van der Waals surface area contributed by atoms with Crippen molar-refractivity contribution in [3.05, 3.63) is 0 Å². The highest BCUT2D eigenvalue weighted by molar-refractivity contribution is 5.79. The first kappa shape index (κ1) is 10.9. The lowest BCUT2D eigenvalue weighted by Crippen LogP contribution is -2.51. The summed E-state index contributed by atoms with van der Waals surface area (Å²) in [7, 11) is 2.12. The summed E-state index contributed by atoms with van der Waals surface area (Å²) in [4.78, 5) is 16.4. The molecule has 2 saturated heterocycles. The number of likely N-dealkylation sites (N-methyl/N-ethyl adjacent to an activating group) is 1. The van der Waals surface area contributed by atoms with Crippen molar-refractivity contribution in [3.63, 3.8) is 0 Å². The Morgan fingerprint density at radius 2 is 2.00 bits per heavy atom. The van der Waals surface area contributed by atoms with E-state index in [9.17, 15) is 4.79 Å². The molecule has 0 aliphatic carbocycles. The number of carbonyl (C=O) groups excluding carboxylic acids is 1. The summed E-state index contributed by atoms with van der Waals surface area (Å²) in [6.45, 7) is 5.81. The Bertz CT molecular complexity index is 218. The van der Waals surface area contributed by atoms with Crippen LogP contribution in [0.4, 0.5) is 0 Å². The van der Waals surface area contributed by atoms with E-state index in [4.69, 9.17) is 0 Å². The predicted octanol–water partition coefficient (Wildman–Crippen LogP) is -0.240. The highest BCUT2D eigenvalue weighted by atomic mass is 16.2. The normalized spacial score (nSPS) is 29.1. The first-order valence-electron chi connectivity index (χ1n) is 5.95. The van der Waals surface area contributed by atoms with Crippen molar-refractivity contribution in [2.45, 2.75) is 12.8 Å². The van der Waals surface area contributed by atoms with Gasteiger partial charge in [-0.05, 0) is 26.4 Å². The van der Waals surface area contributed by atoms with Gasteiger partial charge in [0, 0.05) is 32.7 Å². The van der Waals surface area contributed by atoms with Gasteiger partial charge in [0.05, 0.1) is 5.92 Å². The van der Waals surface area contributed by atoms with E-state index in [1.54, 1.807) is 0 Å². The minimum atomic E-state index is 0.238. The standard InChI is InChI=1S/C11H21N3O/c1-13-5-7-14(8-6-13)11(15)10-3-2-4-12-9-10/h10,12H,2-9H2,1H3/t10-/m0/s1. The van der Waals surface area contributed by atoms with Gasteiger partial charge in [-0.1, -0.05) is 0 Å². The molecular weight excluding hydrogens is 190 g/mol. The van der Waals surface area contributed by atoms with E-state index in [0.717, 1.165) is 52.1 Å². The predicted molar refractivity (Wildman–Crippen MR) is 59.7 cm³/mol. The van der Waals surface area contributed by atoms with Gasteiger partial charge in [0.2, 0.25) is 5.91 Å². The molecule has 0 aromatic carbocycles. The van der Waals surface area contributed by atoms with E-state index in [1.807, 2.05) is 4.90 Å². The molecule has 1 N–H and O–H groups in total. The molecule has 0 radical (unpaired) electrons. The minimum absolute atomic E-state index is 0.238. The maximum absolute atomic E-state index is 12.1. The quantitative estimate of drug-likeness (QED) is 0.650. The fourth-order valence-electron chi connectivity index (χ4n) is 2.35. The van der Waals surface area contributed by atoms with Crippen molar-refractivity contribution in [1.29, 1.82) is 0 Å². The van der Waals surface area contributed by atoms with Crippen LogP contribution in [-0.4, -0.2) is 62.0 Å². The number of amides is 1. The van der Waals surface area contributed by atoms with Crippen molar-refractivity contribution in [1.82, 2.24) is 15.1 Å². The van der Waals surface area contributed by atoms with E-state index >= 15 is 0 Å². The van der Waals surface area contributed by atoms with Crippen molar-refractivity contribution < 1.29 is 4.79 Å². The van der Waals surface area contributed by atoms with Crippen LogP contribution in [0.1, 0.15) is 12.8 Å². The lowest BCUT2D eigenvalue weighted by molar-refractivity contribution is -0.137. The molecule has 0 saturated carbocycles. The smallest absolute Gasteiger partial charge is 0.227 e. The number of piperidine rings is 1. The Balaban J connectivity index is 1.84. The number of carbonyl (C=O) groups is 1. The molecule has 0 unspecified atom stereocenters. The van der Waals surface area contributed by atoms with Gasteiger partial charge in [-0.15, -0.1) is 0 Å². The van der Waals surface area contributed by atoms with Crippen LogP contribution >= 0.6 is 0 Å². The second-order valence-corrected chi connectivity index (χ2v) is 4.67. The molecule has 0 aromatic heterocycles. The van der Waals surface area contributed by atoms with Crippen LogP contribution in [0.15, 0.2) is 0 Å². The van der Waals surface area contributed by atoms with E-state index < -0.39 is 0 Å². The molecule has 2 rings (SSSR count). The molecule has 2 aliphatic heterocycles. The van der Waals surface area contributed by atoms with Gasteiger partial charge >= 0.3 is 0 Å². The van der Waals surface area contributed by atoms with Crippen LogP contribution in [0.25, 0.3) is 0 Å². The number of piperazine rings is 1. The molecule has 2 fully saturated rings. The van der Waals surface area contributed by atoms with Crippen molar-refractivity contribution in [2.75, 3.05) is 46.3 Å². The number of hydrogen-bond acceptors (Lipinski definition) is 3. The number of hydrogen-bond donors (Lipinski definition) is 1. The summed E-state index contributed by atoms with van der Waals surface area (Å²) in [5, 5.41) is 3.31. The Labute approximate surface area is 91.6 Å². The molecule has 0 aromatic rings. The van der Waals surface area contributed by atoms with Gasteiger partial charge in [0.1, 0.15) is 0 Å². The van der Waals surface area contributed by atoms with E-state index in [-0.39, 0.29) is 5.92 Å². The molecule has 0 bridgehead atoms. The molecule has 0 spiro atoms. The number of nitrogens with one attached hydrogen (secondary N) is 1. The van der Waals surface area contributed by atoms with Gasteiger partial charge in [0.15, 0.2) is 0 Å². The third-order valence-electron chi connectivity index (χ3n) is 3.46. The van der Waals surface area contributed by atoms with E-state index in [2.05, 4.69) is 17.3 Å². The average Bonchev–Trinajstić information content (AvgIpc) is 2.30. The molecular formula is C11H21N3O. The summed E-state index contributed by atoms with van der Waals surface area (Å²) in [5.74, 6) is 0.609. The second-order valence-electron chi connectivity index (χ2n) is 4.67. The van der Waals surface area contributed by atoms with Crippen LogP contribution in [0.2, 0.25) is 0 Å². The topological polar surface area (TPSA) is 35.6 Å². The Kier molecular flexibility index (Phi) is 3.59. The average molecular weight is 211 g/mol. The summed E-state index contributed by atoms with van der Waals surface area (Å²) in [6.07, 6.45) is 2.21. The Hall–Kier alpha value is -0.610. The Morgan fingerprint density at radius 1 is 1.27 bits per heavy atom. The number of nitrogens with zero attached hydrogens (tertiary/aromatic N) is 2. The highest BCUT2D eigenvalue weighted by Crippen LogP contribution is 2.14. The van der Waals surface area contributed by atoms with Crippen molar-refractivity contribution in [3.8, 4) is 0 Å². The summed E-state index contributed by atoms with van der Waals surface area (Å²) < 4.78 is 0. The zero-order valence-corrected chi connectivity index (χ0v) is 9.54. The van der Waals surface area contributed by atoms with Crippen molar-refractivity contribution >= 4 is 5.91 Å². The summed E-state index contributed by atoms with van der Waals surface area (Å²) in [5.41, 5.74) is 0. The van der Waals surface area contributed by atoms with Crippen molar-refractivity contribution in [2.24, 2.45) is 5.92 Å². The maximum atomic E-state index is 12.1. The minimum Gasteiger partial charge on any atom is -0.340 e. The van der Waals surface area contributed by atoms with Crippen LogP contribution in [0.5, 0.6) is 0 Å². The van der Waals surface area contributed by atoms with Gasteiger partial charge in [-0.25, -0.2) is 0 Å². The first-order valence-corrected chi connectivity index (χ1v) is 5.95. The van der Waals surface area contributed by atoms with Gasteiger partial charge in [-0.2, -0.15) is 0 Å². The monoisotopic (exact) mass is 211 g/mol. The molecule has 2 aliphatic rings. The third kappa shape index (κ3) is 2.69. The molecule has 1 atom stereocenters. The van der Waals surface area contributed by atoms with Crippen LogP contribution in [0, 0.1) is 5.92 Å². The molecule has 86 valence electrons. The lowest BCUT2D eigenvalue weighted by atomic mass is 9.98. The maximum Gasteiger partial charge on any atom is 0.227 e. The van der Waals surface area contributed by atoms with Crippen LogP contribution < -0.4 is 5.32 Å². The molecule has 1 amide bonds. The van der Waals surface area contributed by atoms with Crippen LogP contribution in [-0.2, 0) is 4.79 Å². The summed E-state index contributed by atoms with van der Waals surface area (Å²) in [6, 6.07) is 0. The van der Waals surface area contributed by atoms with E-state index in [0.29, 0.717) is 5.91 Å². The molecule has 15 heavy (non-hydrogen) atoms. The zero-order chi connectivity index (χ0) is 10.7. The third-order valence-corrected chi connectivity index (χ3v) is 3.46. The fraction of sp³-hybridized carbons (Fsp3) is 0.909. The van der Waals surface area contributed by atoms with Gasteiger partial charge < -0.3 is 15.1 Å². The largest absolute Gasteiger partial charge is 0.340 e. The van der Waals surface area contributed by atoms with Gasteiger partial charge in [0.25, 0.3) is 0 Å². The van der Waals surface area contributed by atoms with Crippen LogP contribution in [0.3, 0.4) is 0 Å². The summed E-state index contributed by atoms with van der Waals surface area (Å²) >= 11 is 0. The fourth-order valence-corrected chi connectivity index (χ4v) is 2.35. The first-order chi connectivity index (χ1) is 7.27. The zero-order valence-electron chi connectivity index (χ0n) is 9.54. The molecule has 4 heteroatoms. The molecule has 4 nitrogen and oxygen atoms in total.